The highest BCUT2D eigenvalue weighted by Crippen LogP contribution is 2.18. The summed E-state index contributed by atoms with van der Waals surface area (Å²) in [7, 11) is 0. The first-order chi connectivity index (χ1) is 10.7. The Morgan fingerprint density at radius 3 is 2.91 bits per heavy atom. The van der Waals surface area contributed by atoms with E-state index in [1.54, 1.807) is 11.3 Å². The molecule has 0 unspecified atom stereocenters. The van der Waals surface area contributed by atoms with Crippen LogP contribution in [-0.2, 0) is 4.79 Å². The van der Waals surface area contributed by atoms with Gasteiger partial charge in [0, 0.05) is 11.4 Å². The van der Waals surface area contributed by atoms with Crippen LogP contribution in [0.5, 0.6) is 0 Å². The van der Waals surface area contributed by atoms with Gasteiger partial charge in [0.05, 0.1) is 19.2 Å². The molecule has 22 heavy (non-hydrogen) atoms. The van der Waals surface area contributed by atoms with Gasteiger partial charge in [-0.1, -0.05) is 6.07 Å². The molecule has 2 heterocycles. The Bertz CT molecular complexity index is 431. The molecule has 5 nitrogen and oxygen atoms in total. The molecule has 3 N–H and O–H groups in total. The van der Waals surface area contributed by atoms with Crippen LogP contribution in [0.4, 0.5) is 0 Å². The lowest BCUT2D eigenvalue weighted by atomic mass is 9.97. The maximum atomic E-state index is 11.9. The number of carbonyl (C=O) groups excluding carboxylic acids is 1. The first-order valence-corrected chi connectivity index (χ1v) is 8.93. The standard InChI is InChI=1S/C16H27N3O2S/c1-13(15-3-2-10-22-15)18-16(21)12-17-11-14-4-6-19(7-5-14)8-9-20/h2-3,10,13-14,17,20H,4-9,11-12H2,1H3,(H,18,21)/t13-/m1/s1. The number of nitrogens with zero attached hydrogens (tertiary/aromatic N) is 1. The van der Waals surface area contributed by atoms with E-state index >= 15 is 0 Å². The number of thiophene rings is 1. The van der Waals surface area contributed by atoms with E-state index in [2.05, 4.69) is 15.5 Å². The predicted molar refractivity (Wildman–Crippen MR) is 90.0 cm³/mol. The zero-order chi connectivity index (χ0) is 15.8. The first-order valence-electron chi connectivity index (χ1n) is 8.05. The Kier molecular flexibility index (Phi) is 7.32. The molecule has 124 valence electrons. The monoisotopic (exact) mass is 325 g/mol. The number of hydrogen-bond acceptors (Lipinski definition) is 5. The van der Waals surface area contributed by atoms with Crippen molar-refractivity contribution in [2.75, 3.05) is 39.3 Å². The average Bonchev–Trinajstić information content (AvgIpc) is 3.04. The topological polar surface area (TPSA) is 64.6 Å². The van der Waals surface area contributed by atoms with Crippen molar-refractivity contribution in [1.82, 2.24) is 15.5 Å². The number of likely N-dealkylation sites (tertiary alicyclic amines) is 1. The van der Waals surface area contributed by atoms with Gasteiger partial charge in [0.25, 0.3) is 0 Å². The summed E-state index contributed by atoms with van der Waals surface area (Å²) >= 11 is 1.67. The Morgan fingerprint density at radius 1 is 1.50 bits per heavy atom. The van der Waals surface area contributed by atoms with Crippen molar-refractivity contribution in [3.63, 3.8) is 0 Å². The fourth-order valence-electron chi connectivity index (χ4n) is 2.85. The fraction of sp³-hybridized carbons (Fsp3) is 0.688. The number of aliphatic hydroxyl groups is 1. The second-order valence-electron chi connectivity index (χ2n) is 5.94. The van der Waals surface area contributed by atoms with Gasteiger partial charge in [0.2, 0.25) is 5.91 Å². The third kappa shape index (κ3) is 5.68. The highest BCUT2D eigenvalue weighted by Gasteiger charge is 2.18. The van der Waals surface area contributed by atoms with Crippen molar-refractivity contribution >= 4 is 17.2 Å². The molecule has 1 atom stereocenters. The molecule has 1 aromatic heterocycles. The van der Waals surface area contributed by atoms with E-state index in [9.17, 15) is 4.79 Å². The zero-order valence-corrected chi connectivity index (χ0v) is 14.1. The Balaban J connectivity index is 1.58. The van der Waals surface area contributed by atoms with Crippen LogP contribution in [-0.4, -0.2) is 55.2 Å². The summed E-state index contributed by atoms with van der Waals surface area (Å²) in [5.74, 6) is 0.691. The minimum atomic E-state index is 0.0543. The third-order valence-corrected chi connectivity index (χ3v) is 5.24. The maximum absolute atomic E-state index is 11.9. The SMILES string of the molecule is C[C@@H](NC(=O)CNCC1CCN(CCO)CC1)c1cccs1. The van der Waals surface area contributed by atoms with E-state index in [0.717, 1.165) is 39.0 Å². The summed E-state index contributed by atoms with van der Waals surface area (Å²) in [4.78, 5) is 15.4. The van der Waals surface area contributed by atoms with Crippen LogP contribution in [0.2, 0.25) is 0 Å². The minimum Gasteiger partial charge on any atom is -0.395 e. The molecule has 1 fully saturated rings. The van der Waals surface area contributed by atoms with Crippen LogP contribution in [0.15, 0.2) is 17.5 Å². The number of hydrogen-bond donors (Lipinski definition) is 3. The molecule has 0 aliphatic carbocycles. The summed E-state index contributed by atoms with van der Waals surface area (Å²) in [6.07, 6.45) is 2.28. The van der Waals surface area contributed by atoms with Gasteiger partial charge in [-0.05, 0) is 56.8 Å². The molecule has 0 bridgehead atoms. The molecule has 0 saturated carbocycles. The van der Waals surface area contributed by atoms with Crippen LogP contribution in [0.3, 0.4) is 0 Å². The quantitative estimate of drug-likeness (QED) is 0.672. The fourth-order valence-corrected chi connectivity index (χ4v) is 3.58. The maximum Gasteiger partial charge on any atom is 0.234 e. The molecular weight excluding hydrogens is 298 g/mol. The van der Waals surface area contributed by atoms with Crippen molar-refractivity contribution in [2.24, 2.45) is 5.92 Å². The van der Waals surface area contributed by atoms with Gasteiger partial charge in [-0.15, -0.1) is 11.3 Å². The largest absolute Gasteiger partial charge is 0.395 e. The number of carbonyl (C=O) groups is 1. The summed E-state index contributed by atoms with van der Waals surface area (Å²) < 4.78 is 0. The number of rotatable bonds is 8. The Morgan fingerprint density at radius 2 is 2.27 bits per heavy atom. The van der Waals surface area contributed by atoms with Crippen molar-refractivity contribution in [3.8, 4) is 0 Å². The average molecular weight is 325 g/mol. The molecule has 0 aromatic carbocycles. The van der Waals surface area contributed by atoms with Crippen molar-refractivity contribution in [3.05, 3.63) is 22.4 Å². The molecule has 1 saturated heterocycles. The highest BCUT2D eigenvalue weighted by molar-refractivity contribution is 7.10. The summed E-state index contributed by atoms with van der Waals surface area (Å²) in [5, 5.41) is 17.2. The van der Waals surface area contributed by atoms with Crippen LogP contribution in [0.25, 0.3) is 0 Å². The third-order valence-electron chi connectivity index (χ3n) is 4.19. The molecule has 1 amide bonds. The van der Waals surface area contributed by atoms with Crippen molar-refractivity contribution in [2.45, 2.75) is 25.8 Å². The number of piperidine rings is 1. The summed E-state index contributed by atoms with van der Waals surface area (Å²) in [5.41, 5.74) is 0. The van der Waals surface area contributed by atoms with Gasteiger partial charge in [0.1, 0.15) is 0 Å². The smallest absolute Gasteiger partial charge is 0.234 e. The van der Waals surface area contributed by atoms with E-state index in [0.29, 0.717) is 12.5 Å². The highest BCUT2D eigenvalue weighted by atomic mass is 32.1. The second kappa shape index (κ2) is 9.25. The molecular formula is C16H27N3O2S. The predicted octanol–water partition coefficient (Wildman–Crippen LogP) is 1.22. The number of aliphatic hydroxyl groups excluding tert-OH is 1. The Hall–Kier alpha value is -0.950. The molecule has 0 radical (unpaired) electrons. The van der Waals surface area contributed by atoms with E-state index in [-0.39, 0.29) is 18.6 Å². The normalized spacial score (nSPS) is 18.3. The van der Waals surface area contributed by atoms with Crippen molar-refractivity contribution < 1.29 is 9.90 Å². The van der Waals surface area contributed by atoms with Gasteiger partial charge in [-0.2, -0.15) is 0 Å². The Labute approximate surface area is 136 Å². The van der Waals surface area contributed by atoms with Crippen LogP contribution in [0, 0.1) is 5.92 Å². The lowest BCUT2D eigenvalue weighted by Crippen LogP contribution is -2.41. The molecule has 1 aliphatic heterocycles. The molecule has 1 aromatic rings. The van der Waals surface area contributed by atoms with Gasteiger partial charge in [-0.3, -0.25) is 4.79 Å². The molecule has 2 rings (SSSR count). The van der Waals surface area contributed by atoms with Gasteiger partial charge < -0.3 is 20.6 Å². The number of β-amino-alcohol motifs (C(OH)–C–C–N with tert-alkyl or cyclic N) is 1. The molecule has 6 heteroatoms. The first kappa shape index (κ1) is 17.4. The lowest BCUT2D eigenvalue weighted by Gasteiger charge is -2.31. The number of nitrogens with one attached hydrogen (secondary N) is 2. The van der Waals surface area contributed by atoms with Gasteiger partial charge >= 0.3 is 0 Å². The van der Waals surface area contributed by atoms with E-state index in [4.69, 9.17) is 5.11 Å². The van der Waals surface area contributed by atoms with Crippen LogP contribution in [0.1, 0.15) is 30.7 Å². The van der Waals surface area contributed by atoms with E-state index in [1.165, 1.54) is 4.88 Å². The minimum absolute atomic E-state index is 0.0543. The van der Waals surface area contributed by atoms with E-state index in [1.807, 2.05) is 24.4 Å². The lowest BCUT2D eigenvalue weighted by molar-refractivity contribution is -0.120. The van der Waals surface area contributed by atoms with Gasteiger partial charge in [0.15, 0.2) is 0 Å². The summed E-state index contributed by atoms with van der Waals surface area (Å²) in [6.45, 7) is 6.42. The summed E-state index contributed by atoms with van der Waals surface area (Å²) in [6, 6.07) is 4.13. The number of amides is 1. The van der Waals surface area contributed by atoms with Gasteiger partial charge in [-0.25, -0.2) is 0 Å². The van der Waals surface area contributed by atoms with Crippen molar-refractivity contribution in [1.29, 1.82) is 0 Å². The molecule has 1 aliphatic rings. The van der Waals surface area contributed by atoms with E-state index < -0.39 is 0 Å². The van der Waals surface area contributed by atoms with Crippen LogP contribution < -0.4 is 10.6 Å². The second-order valence-corrected chi connectivity index (χ2v) is 6.92. The van der Waals surface area contributed by atoms with Crippen LogP contribution >= 0.6 is 11.3 Å². The molecule has 0 spiro atoms. The zero-order valence-electron chi connectivity index (χ0n) is 13.3.